The standard InChI is InChI=1S/C28H33ClF2N6O3/c1-28(30,31)22-14-20(5-4-19(22)16-37-10-12-39-13-11-37)34-27(38)35-24-7-6-21(15-23(24)29)40-17-26-25(33-18-32-2)8-9-36(26)3/h4-9,14-15,18H,10-13,16-17H2,1-3H3,(H,32,33)(H2,34,35,38). The number of halogens is 3. The van der Waals surface area contributed by atoms with E-state index in [9.17, 15) is 13.6 Å². The molecule has 0 bridgehead atoms. The molecule has 214 valence electrons. The SMILES string of the molecule is CN=CNc1ccn(C)c1COc1ccc(NC(=O)Nc2ccc(CN3CCOCC3)c(C(C)(F)F)c2)c(Cl)c1. The number of aliphatic imine (C=N–C) groups is 1. The number of aryl methyl sites for hydroxylation is 1. The fraction of sp³-hybridized carbons (Fsp3) is 0.357. The van der Waals surface area contributed by atoms with Crippen LogP contribution in [0.4, 0.5) is 30.6 Å². The quantitative estimate of drug-likeness (QED) is 0.207. The molecule has 2 heterocycles. The maximum atomic E-state index is 14.5. The molecule has 1 saturated heterocycles. The molecule has 0 unspecified atom stereocenters. The molecule has 0 aliphatic carbocycles. The van der Waals surface area contributed by atoms with Crippen molar-refractivity contribution < 1.29 is 23.0 Å². The summed E-state index contributed by atoms with van der Waals surface area (Å²) in [5, 5.41) is 8.64. The van der Waals surface area contributed by atoms with Crippen LogP contribution in [0.2, 0.25) is 5.02 Å². The van der Waals surface area contributed by atoms with Crippen LogP contribution in [0, 0.1) is 0 Å². The van der Waals surface area contributed by atoms with Crippen LogP contribution in [0.3, 0.4) is 0 Å². The Balaban J connectivity index is 1.38. The van der Waals surface area contributed by atoms with Crippen LogP contribution in [0.1, 0.15) is 23.7 Å². The Hall–Kier alpha value is -3.67. The summed E-state index contributed by atoms with van der Waals surface area (Å²) in [7, 11) is 3.59. The summed E-state index contributed by atoms with van der Waals surface area (Å²) < 4.78 is 42.1. The lowest BCUT2D eigenvalue weighted by atomic mass is 10.0. The van der Waals surface area contributed by atoms with E-state index in [1.807, 2.05) is 23.9 Å². The third-order valence-electron chi connectivity index (χ3n) is 6.45. The van der Waals surface area contributed by atoms with Gasteiger partial charge in [-0.05, 0) is 35.9 Å². The highest BCUT2D eigenvalue weighted by Crippen LogP contribution is 2.33. The average Bonchev–Trinajstić information content (AvgIpc) is 3.27. The number of alkyl halides is 2. The monoisotopic (exact) mass is 574 g/mol. The molecule has 1 fully saturated rings. The van der Waals surface area contributed by atoms with E-state index in [4.69, 9.17) is 21.1 Å². The fourth-order valence-corrected chi connectivity index (χ4v) is 4.55. The Labute approximate surface area is 237 Å². The van der Waals surface area contributed by atoms with Crippen molar-refractivity contribution in [3.8, 4) is 5.75 Å². The zero-order valence-electron chi connectivity index (χ0n) is 22.6. The van der Waals surface area contributed by atoms with Crippen molar-refractivity contribution in [2.45, 2.75) is 26.0 Å². The Kier molecular flexibility index (Phi) is 9.62. The number of carbonyl (C=O) groups is 1. The maximum Gasteiger partial charge on any atom is 0.323 e. The van der Waals surface area contributed by atoms with Crippen molar-refractivity contribution in [2.24, 2.45) is 12.0 Å². The first-order valence-corrected chi connectivity index (χ1v) is 13.1. The van der Waals surface area contributed by atoms with Gasteiger partial charge < -0.3 is 30.0 Å². The number of amides is 2. The second-order valence-corrected chi connectivity index (χ2v) is 9.88. The van der Waals surface area contributed by atoms with Crippen LogP contribution < -0.4 is 20.7 Å². The molecule has 12 heteroatoms. The number of benzene rings is 2. The number of aromatic nitrogens is 1. The molecule has 2 amide bonds. The number of hydrogen-bond donors (Lipinski definition) is 3. The molecule has 0 atom stereocenters. The van der Waals surface area contributed by atoms with Gasteiger partial charge >= 0.3 is 6.03 Å². The molecule has 3 aromatic rings. The first-order chi connectivity index (χ1) is 19.1. The van der Waals surface area contributed by atoms with E-state index >= 15 is 0 Å². The predicted octanol–water partition coefficient (Wildman–Crippen LogP) is 5.92. The summed E-state index contributed by atoms with van der Waals surface area (Å²) in [5.41, 5.74) is 2.75. The van der Waals surface area contributed by atoms with E-state index in [1.165, 1.54) is 6.07 Å². The van der Waals surface area contributed by atoms with Gasteiger partial charge in [0.05, 0.1) is 41.6 Å². The number of nitrogens with zero attached hydrogens (tertiary/aromatic N) is 3. The molecule has 1 aromatic heterocycles. The molecule has 1 aliphatic rings. The number of carbonyl (C=O) groups excluding carboxylic acids is 1. The summed E-state index contributed by atoms with van der Waals surface area (Å²) in [5.74, 6) is -2.56. The molecule has 9 nitrogen and oxygen atoms in total. The summed E-state index contributed by atoms with van der Waals surface area (Å²) in [6.45, 7) is 4.03. The topological polar surface area (TPSA) is 92.2 Å². The van der Waals surface area contributed by atoms with Gasteiger partial charge in [0, 0.05) is 64.2 Å². The normalized spacial score (nSPS) is 14.3. The van der Waals surface area contributed by atoms with Crippen LogP contribution in [-0.2, 0) is 30.9 Å². The van der Waals surface area contributed by atoms with Crippen LogP contribution in [0.15, 0.2) is 53.7 Å². The average molecular weight is 575 g/mol. The Morgan fingerprint density at radius 2 is 1.93 bits per heavy atom. The minimum absolute atomic E-state index is 0.130. The first-order valence-electron chi connectivity index (χ1n) is 12.8. The molecule has 40 heavy (non-hydrogen) atoms. The summed E-state index contributed by atoms with van der Waals surface area (Å²) in [6.07, 6.45) is 3.50. The van der Waals surface area contributed by atoms with Crippen molar-refractivity contribution >= 4 is 41.0 Å². The van der Waals surface area contributed by atoms with Crippen LogP contribution in [0.25, 0.3) is 0 Å². The van der Waals surface area contributed by atoms with E-state index in [0.717, 1.165) is 18.3 Å². The molecule has 0 saturated carbocycles. The number of nitrogens with one attached hydrogen (secondary N) is 3. The third kappa shape index (κ3) is 7.71. The number of rotatable bonds is 10. The lowest BCUT2D eigenvalue weighted by molar-refractivity contribution is 0.0128. The highest BCUT2D eigenvalue weighted by atomic mass is 35.5. The summed E-state index contributed by atoms with van der Waals surface area (Å²) in [4.78, 5) is 18.7. The van der Waals surface area contributed by atoms with E-state index in [0.29, 0.717) is 49.8 Å². The lowest BCUT2D eigenvalue weighted by Gasteiger charge is -2.28. The first kappa shape index (κ1) is 29.3. The van der Waals surface area contributed by atoms with Gasteiger partial charge in [-0.3, -0.25) is 9.89 Å². The van der Waals surface area contributed by atoms with Gasteiger partial charge in [0.2, 0.25) is 0 Å². The third-order valence-corrected chi connectivity index (χ3v) is 6.77. The number of anilines is 3. The van der Waals surface area contributed by atoms with Crippen molar-refractivity contribution in [3.05, 3.63) is 70.5 Å². The highest BCUT2D eigenvalue weighted by Gasteiger charge is 2.29. The number of urea groups is 1. The van der Waals surface area contributed by atoms with Crippen molar-refractivity contribution in [1.29, 1.82) is 0 Å². The van der Waals surface area contributed by atoms with Gasteiger partial charge in [0.1, 0.15) is 12.4 Å². The van der Waals surface area contributed by atoms with E-state index in [2.05, 4.69) is 25.8 Å². The fourth-order valence-electron chi connectivity index (χ4n) is 4.33. The van der Waals surface area contributed by atoms with E-state index in [-0.39, 0.29) is 22.9 Å². The summed E-state index contributed by atoms with van der Waals surface area (Å²) in [6, 6.07) is 10.7. The van der Waals surface area contributed by atoms with Crippen molar-refractivity contribution in [2.75, 3.05) is 49.3 Å². The molecule has 1 aliphatic heterocycles. The van der Waals surface area contributed by atoms with Gasteiger partial charge in [-0.1, -0.05) is 17.7 Å². The maximum absolute atomic E-state index is 14.5. The summed E-state index contributed by atoms with van der Waals surface area (Å²) >= 11 is 6.40. The second-order valence-electron chi connectivity index (χ2n) is 9.48. The lowest BCUT2D eigenvalue weighted by Crippen LogP contribution is -2.36. The van der Waals surface area contributed by atoms with Crippen LogP contribution in [-0.4, -0.2) is 55.2 Å². The molecule has 0 spiro atoms. The van der Waals surface area contributed by atoms with Gasteiger partial charge in [-0.15, -0.1) is 0 Å². The molecule has 2 aromatic carbocycles. The van der Waals surface area contributed by atoms with Gasteiger partial charge in [0.25, 0.3) is 5.92 Å². The number of ether oxygens (including phenoxy) is 2. The Morgan fingerprint density at radius 1 is 1.15 bits per heavy atom. The van der Waals surface area contributed by atoms with E-state index in [1.54, 1.807) is 43.7 Å². The molecule has 3 N–H and O–H groups in total. The van der Waals surface area contributed by atoms with Crippen molar-refractivity contribution in [1.82, 2.24) is 9.47 Å². The highest BCUT2D eigenvalue weighted by molar-refractivity contribution is 6.34. The minimum atomic E-state index is -3.07. The van der Waals surface area contributed by atoms with Gasteiger partial charge in [-0.2, -0.15) is 0 Å². The smallest absolute Gasteiger partial charge is 0.323 e. The Bertz CT molecular complexity index is 1350. The van der Waals surface area contributed by atoms with Gasteiger partial charge in [0.15, 0.2) is 0 Å². The number of hydrogen-bond acceptors (Lipinski definition) is 5. The zero-order valence-corrected chi connectivity index (χ0v) is 23.4. The van der Waals surface area contributed by atoms with Crippen molar-refractivity contribution in [3.63, 3.8) is 0 Å². The second kappa shape index (κ2) is 13.1. The van der Waals surface area contributed by atoms with Crippen LogP contribution in [0.5, 0.6) is 5.75 Å². The molecule has 0 radical (unpaired) electrons. The largest absolute Gasteiger partial charge is 0.487 e. The van der Waals surface area contributed by atoms with Crippen LogP contribution >= 0.6 is 11.6 Å². The molecule has 4 rings (SSSR count). The van der Waals surface area contributed by atoms with Gasteiger partial charge in [-0.25, -0.2) is 13.6 Å². The Morgan fingerprint density at radius 3 is 2.62 bits per heavy atom. The minimum Gasteiger partial charge on any atom is -0.487 e. The molecular weight excluding hydrogens is 542 g/mol. The number of morpholine rings is 1. The predicted molar refractivity (Wildman–Crippen MR) is 154 cm³/mol. The zero-order chi connectivity index (χ0) is 28.7. The van der Waals surface area contributed by atoms with E-state index < -0.39 is 12.0 Å². The molecular formula is C28H33ClF2N6O3.